The van der Waals surface area contributed by atoms with Crippen LogP contribution in [0.15, 0.2) is 0 Å². The highest BCUT2D eigenvalue weighted by Gasteiger charge is 2.44. The first-order valence-electron chi connectivity index (χ1n) is 33.0. The first kappa shape index (κ1) is 75.7. The van der Waals surface area contributed by atoms with E-state index in [1.54, 1.807) is 0 Å². The van der Waals surface area contributed by atoms with Gasteiger partial charge in [0, 0.05) is 37.5 Å². The third-order valence-corrected chi connectivity index (χ3v) is 18.2. The van der Waals surface area contributed by atoms with Gasteiger partial charge in [-0.05, 0) is 186 Å². The van der Waals surface area contributed by atoms with Gasteiger partial charge in [-0.15, -0.1) is 0 Å². The van der Waals surface area contributed by atoms with E-state index in [-0.39, 0.29) is 60.7 Å². The van der Waals surface area contributed by atoms with Gasteiger partial charge in [0.1, 0.15) is 67.1 Å². The van der Waals surface area contributed by atoms with E-state index in [1.165, 1.54) is 0 Å². The lowest BCUT2D eigenvalue weighted by atomic mass is 9.68. The molecule has 0 radical (unpaired) electrons. The van der Waals surface area contributed by atoms with Crippen LogP contribution in [0.4, 0.5) is 38.4 Å². The summed E-state index contributed by atoms with van der Waals surface area (Å²) in [5, 5.41) is 90.0. The molecular weight excluding hydrogens is 1210 g/mol. The summed E-state index contributed by atoms with van der Waals surface area (Å²) in [6, 6.07) is 0. The highest BCUT2D eigenvalue weighted by molar-refractivity contribution is 5.62. The van der Waals surface area contributed by atoms with Crippen molar-refractivity contribution in [1.82, 2.24) is 0 Å². The Bertz CT molecular complexity index is 2190. The molecule has 91 heavy (non-hydrogen) atoms. The van der Waals surface area contributed by atoms with Gasteiger partial charge in [-0.2, -0.15) is 0 Å². The second kappa shape index (κ2) is 40.8. The average molecular weight is 1310 g/mol. The van der Waals surface area contributed by atoms with Crippen LogP contribution in [0.25, 0.3) is 0 Å². The molecule has 0 bridgehead atoms. The van der Waals surface area contributed by atoms with Gasteiger partial charge in [0.05, 0.1) is 30.5 Å². The zero-order valence-corrected chi connectivity index (χ0v) is 52.1. The van der Waals surface area contributed by atoms with Gasteiger partial charge in [-0.1, -0.05) is 19.3 Å². The molecule has 9 saturated carbocycles. The summed E-state index contributed by atoms with van der Waals surface area (Å²) in [5.74, 6) is 0.254. The van der Waals surface area contributed by atoms with Crippen LogP contribution in [-0.2, 0) is 52.1 Å². The molecule has 16 atom stereocenters. The molecule has 9 fully saturated rings. The van der Waals surface area contributed by atoms with Crippen molar-refractivity contribution in [3.05, 3.63) is 0 Å². The lowest BCUT2D eigenvalue weighted by Gasteiger charge is -2.43. The highest BCUT2D eigenvalue weighted by atomic mass is 16.8. The Morgan fingerprint density at radius 2 is 0.484 bits per heavy atom. The molecule has 0 aliphatic heterocycles. The largest absolute Gasteiger partial charge is 0.508 e. The summed E-state index contributed by atoms with van der Waals surface area (Å²) < 4.78 is 55.5. The fourth-order valence-corrected chi connectivity index (χ4v) is 13.8. The summed E-state index contributed by atoms with van der Waals surface area (Å²) >= 11 is 0. The highest BCUT2D eigenvalue weighted by Crippen LogP contribution is 2.44. The summed E-state index contributed by atoms with van der Waals surface area (Å²) in [6.45, 7) is 0. The first-order chi connectivity index (χ1) is 43.5. The van der Waals surface area contributed by atoms with E-state index in [2.05, 4.69) is 14.2 Å². The van der Waals surface area contributed by atoms with Gasteiger partial charge >= 0.3 is 49.2 Å². The molecular formula is C62H100O29. The molecule has 16 unspecified atom stereocenters. The van der Waals surface area contributed by atoms with Crippen molar-refractivity contribution < 1.29 is 142 Å². The molecule has 0 amide bonds. The third kappa shape index (κ3) is 30.5. The minimum absolute atomic E-state index is 0.118. The number of carboxylic acid groups (broad SMARTS) is 5. The second-order valence-electron chi connectivity index (χ2n) is 25.3. The number of hydrogen-bond donors (Lipinski definition) is 10. The van der Waals surface area contributed by atoms with Crippen LogP contribution in [0.2, 0.25) is 0 Å². The Balaban J connectivity index is 0.000000213. The molecule has 29 heteroatoms. The molecule has 0 aromatic heterocycles. The molecule has 0 aromatic carbocycles. The molecule has 10 N–H and O–H groups in total. The van der Waals surface area contributed by atoms with Crippen molar-refractivity contribution in [2.24, 2.45) is 11.8 Å². The molecule has 0 saturated heterocycles. The maximum absolute atomic E-state index is 12.2. The Kier molecular flexibility index (Phi) is 34.0. The minimum atomic E-state index is -1.31. The lowest BCUT2D eigenvalue weighted by molar-refractivity contribution is -0.0924. The van der Waals surface area contributed by atoms with Gasteiger partial charge in [-0.25, -0.2) is 38.4 Å². The van der Waals surface area contributed by atoms with E-state index in [4.69, 9.17) is 68.5 Å². The third-order valence-electron chi connectivity index (χ3n) is 18.2. The predicted octanol–water partition coefficient (Wildman–Crippen LogP) is 11.1. The van der Waals surface area contributed by atoms with Crippen LogP contribution in [0.3, 0.4) is 0 Å². The quantitative estimate of drug-likeness (QED) is 0.0678. The normalized spacial score (nSPS) is 33.9. The summed E-state index contributed by atoms with van der Waals surface area (Å²) in [7, 11) is 0. The van der Waals surface area contributed by atoms with Gasteiger partial charge in [0.25, 0.3) is 0 Å². The SMILES string of the molecule is O=C(O)OC1CCC(OC(=O)OC2CCCC(O)C2)C1.O=C(O)OC1CCCC(OC(=O)OC2CCCC(O)C2)CCC1.O=C(O)OC1CCCC1O.O=C(O)OC1CCCC2C(OC(=O)OC3CCCC(O)C3)CCCC12.O=C(O)OC1CCCCCCC1O. The molecule has 29 nitrogen and oxygen atoms in total. The Labute approximate surface area is 529 Å². The topological polar surface area (TPSA) is 440 Å². The van der Waals surface area contributed by atoms with Crippen molar-refractivity contribution >= 4 is 49.2 Å². The van der Waals surface area contributed by atoms with E-state index in [1.807, 2.05) is 0 Å². The summed E-state index contributed by atoms with van der Waals surface area (Å²) in [5.41, 5.74) is 0. The van der Waals surface area contributed by atoms with E-state index in [0.29, 0.717) is 89.9 Å². The predicted molar refractivity (Wildman–Crippen MR) is 313 cm³/mol. The molecule has 522 valence electrons. The molecule has 9 rings (SSSR count). The average Bonchev–Trinajstić information content (AvgIpc) is 1.79. The monoisotopic (exact) mass is 1310 g/mol. The molecule has 0 aromatic rings. The van der Waals surface area contributed by atoms with Crippen LogP contribution in [0.1, 0.15) is 231 Å². The maximum Gasteiger partial charge on any atom is 0.508 e. The van der Waals surface area contributed by atoms with Gasteiger partial charge in [0.2, 0.25) is 0 Å². The molecule has 0 spiro atoms. The smallest absolute Gasteiger partial charge is 0.450 e. The number of rotatable bonds is 11. The lowest BCUT2D eigenvalue weighted by Crippen LogP contribution is -2.45. The first-order valence-corrected chi connectivity index (χ1v) is 33.0. The Morgan fingerprint density at radius 3 is 0.890 bits per heavy atom. The van der Waals surface area contributed by atoms with Crippen LogP contribution < -0.4 is 0 Å². The number of aliphatic hydroxyl groups is 5. The zero-order valence-electron chi connectivity index (χ0n) is 52.1. The van der Waals surface area contributed by atoms with Crippen molar-refractivity contribution in [3.63, 3.8) is 0 Å². The Hall–Kier alpha value is -6.04. The van der Waals surface area contributed by atoms with Gasteiger partial charge in [0.15, 0.2) is 0 Å². The number of carbonyl (C=O) groups excluding carboxylic acids is 3. The van der Waals surface area contributed by atoms with E-state index in [9.17, 15) is 58.8 Å². The summed E-state index contributed by atoms with van der Waals surface area (Å²) in [6.07, 6.45) is 12.4. The minimum Gasteiger partial charge on any atom is -0.450 e. The molecule has 9 aliphatic rings. The Morgan fingerprint density at radius 1 is 0.220 bits per heavy atom. The van der Waals surface area contributed by atoms with Crippen molar-refractivity contribution in [2.45, 2.75) is 329 Å². The van der Waals surface area contributed by atoms with Crippen LogP contribution in [0.5, 0.6) is 0 Å². The molecule has 0 heterocycles. The second-order valence-corrected chi connectivity index (χ2v) is 25.3. The van der Waals surface area contributed by atoms with E-state index in [0.717, 1.165) is 141 Å². The van der Waals surface area contributed by atoms with Gasteiger partial charge in [-0.3, -0.25) is 0 Å². The van der Waals surface area contributed by atoms with Crippen LogP contribution in [-0.4, -0.2) is 198 Å². The maximum atomic E-state index is 12.2. The van der Waals surface area contributed by atoms with Crippen molar-refractivity contribution in [2.75, 3.05) is 0 Å². The number of carbonyl (C=O) groups is 8. The van der Waals surface area contributed by atoms with Crippen molar-refractivity contribution in [3.8, 4) is 0 Å². The number of hydrogen-bond acceptors (Lipinski definition) is 24. The van der Waals surface area contributed by atoms with Gasteiger partial charge < -0.3 is 103 Å². The van der Waals surface area contributed by atoms with Crippen LogP contribution in [0, 0.1) is 11.8 Å². The number of aliphatic hydroxyl groups excluding tert-OH is 5. The molecule has 9 aliphatic carbocycles. The zero-order chi connectivity index (χ0) is 66.2. The summed E-state index contributed by atoms with van der Waals surface area (Å²) in [4.78, 5) is 87.8. The fourth-order valence-electron chi connectivity index (χ4n) is 13.8. The van der Waals surface area contributed by atoms with E-state index >= 15 is 0 Å². The standard InChI is InChI=1S/C18H28O7.C16H26O7.C13H20O7.C9H16O4.C6H10O4/c19-11-4-1-5-12(10-11)23-18(22)25-16-9-3-6-13-14(16)7-2-8-15(13)24-17(20)21;17-11-4-1-9-14(10-11)23-16(20)22-13-7-2-5-12(6-3-8-13)21-15(18)19;14-8-2-1-3-9(6-8)19-13(17)20-11-5-4-10(7-11)18-12(15)16;10-7-5-3-1-2-4-6-8(7)13-9(11)12;7-4-2-1-3-5(4)10-6(8)9/h11-16,19H,1-10H2,(H,20,21);11-14,17H,1-10H2,(H,18,19);8-11,14H,1-7H2,(H,15,16);7-8,10H,1-6H2,(H,11,12);4-5,7H,1-3H2,(H,8,9). The van der Waals surface area contributed by atoms with Crippen molar-refractivity contribution in [1.29, 1.82) is 0 Å². The van der Waals surface area contributed by atoms with Crippen LogP contribution >= 0.6 is 0 Å². The number of ether oxygens (including phenoxy) is 11. The van der Waals surface area contributed by atoms with E-state index < -0.39 is 98.1 Å². The fraction of sp³-hybridized carbons (Fsp3) is 0.871. The number of fused-ring (bicyclic) bond motifs is 1.